The van der Waals surface area contributed by atoms with Crippen molar-refractivity contribution in [3.63, 3.8) is 0 Å². The number of hydrogen-bond donors (Lipinski definition) is 1. The molecule has 0 spiro atoms. The minimum absolute atomic E-state index is 0.0380. The third-order valence-corrected chi connectivity index (χ3v) is 5.32. The number of piperidine rings is 3. The molecule has 1 N–H and O–H groups in total. The third kappa shape index (κ3) is 3.01. The number of carbonyl (C=O) groups excluding carboxylic acids is 1. The molecule has 1 aromatic heterocycles. The van der Waals surface area contributed by atoms with Crippen LogP contribution in [0.2, 0.25) is 5.02 Å². The van der Waals surface area contributed by atoms with Crippen molar-refractivity contribution in [1.82, 2.24) is 14.8 Å². The van der Waals surface area contributed by atoms with Gasteiger partial charge in [-0.3, -0.25) is 4.57 Å². The van der Waals surface area contributed by atoms with Crippen LogP contribution in [-0.2, 0) is 0 Å². The van der Waals surface area contributed by atoms with Crippen LogP contribution in [0.3, 0.4) is 0 Å². The third-order valence-electron chi connectivity index (χ3n) is 5.07. The summed E-state index contributed by atoms with van der Waals surface area (Å²) in [5, 5.41) is 3.92. The van der Waals surface area contributed by atoms with Gasteiger partial charge in [0.1, 0.15) is 0 Å². The monoisotopic (exact) mass is 329 g/mol. The van der Waals surface area contributed by atoms with Gasteiger partial charge in [-0.15, -0.1) is 0 Å². The van der Waals surface area contributed by atoms with Gasteiger partial charge >= 0.3 is 6.03 Å². The van der Waals surface area contributed by atoms with Crippen molar-refractivity contribution >= 4 is 17.6 Å². The minimum atomic E-state index is -0.0380. The molecule has 2 bridgehead atoms. The molecule has 4 heterocycles. The van der Waals surface area contributed by atoms with E-state index in [1.165, 1.54) is 25.9 Å². The van der Waals surface area contributed by atoms with E-state index in [4.69, 9.17) is 11.6 Å². The second kappa shape index (κ2) is 6.02. The van der Waals surface area contributed by atoms with Crippen molar-refractivity contribution in [2.45, 2.75) is 18.9 Å². The normalized spacial score (nSPS) is 26.2. The molecule has 0 saturated carbocycles. The van der Waals surface area contributed by atoms with Crippen molar-refractivity contribution in [3.8, 4) is 11.1 Å². The molecular formula is C18H20ClN3O. The van der Waals surface area contributed by atoms with Crippen molar-refractivity contribution < 1.29 is 4.79 Å². The molecule has 4 nitrogen and oxygen atoms in total. The van der Waals surface area contributed by atoms with Crippen molar-refractivity contribution in [2.24, 2.45) is 5.92 Å². The predicted molar refractivity (Wildman–Crippen MR) is 91.8 cm³/mol. The zero-order valence-corrected chi connectivity index (χ0v) is 13.7. The number of carbonyl (C=O) groups is 1. The highest BCUT2D eigenvalue weighted by atomic mass is 35.5. The van der Waals surface area contributed by atoms with Gasteiger partial charge in [-0.25, -0.2) is 4.79 Å². The molecule has 5 heteroatoms. The maximum absolute atomic E-state index is 12.5. The van der Waals surface area contributed by atoms with Gasteiger partial charge in [-0.1, -0.05) is 23.7 Å². The summed E-state index contributed by atoms with van der Waals surface area (Å²) in [7, 11) is 0. The molecule has 5 rings (SSSR count). The maximum Gasteiger partial charge on any atom is 0.325 e. The summed E-state index contributed by atoms with van der Waals surface area (Å²) in [4.78, 5) is 14.9. The van der Waals surface area contributed by atoms with E-state index >= 15 is 0 Å². The van der Waals surface area contributed by atoms with Gasteiger partial charge in [0, 0.05) is 30.0 Å². The Labute approximate surface area is 141 Å². The van der Waals surface area contributed by atoms with Crippen molar-refractivity contribution in [2.75, 3.05) is 19.6 Å². The van der Waals surface area contributed by atoms with E-state index in [9.17, 15) is 4.79 Å². The van der Waals surface area contributed by atoms with Crippen LogP contribution in [-0.4, -0.2) is 41.2 Å². The SMILES string of the molecule is O=C(N[C@H]1CN2CCC1CC2)n1ccc(-c2ccc(Cl)cc2)c1. The van der Waals surface area contributed by atoms with Gasteiger partial charge < -0.3 is 10.2 Å². The molecule has 120 valence electrons. The van der Waals surface area contributed by atoms with Gasteiger partial charge in [0.05, 0.1) is 0 Å². The zero-order chi connectivity index (χ0) is 15.8. The molecule has 23 heavy (non-hydrogen) atoms. The number of hydrogen-bond acceptors (Lipinski definition) is 2. The lowest BCUT2D eigenvalue weighted by Gasteiger charge is -2.44. The number of benzene rings is 1. The second-order valence-corrected chi connectivity index (χ2v) is 6.94. The van der Waals surface area contributed by atoms with Crippen LogP contribution in [0, 0.1) is 5.92 Å². The molecule has 3 fully saturated rings. The van der Waals surface area contributed by atoms with Crippen LogP contribution in [0.25, 0.3) is 11.1 Å². The zero-order valence-electron chi connectivity index (χ0n) is 12.9. The molecule has 3 saturated heterocycles. The Morgan fingerprint density at radius 1 is 1.09 bits per heavy atom. The standard InChI is InChI=1S/C18H20ClN3O/c19-16-3-1-13(2-4-16)15-7-10-22(11-15)18(23)20-17-12-21-8-5-14(17)6-9-21/h1-4,7,10-11,14,17H,5-6,8-9,12H2,(H,20,23)/t17-/m0/s1. The number of nitrogens with one attached hydrogen (secondary N) is 1. The highest BCUT2D eigenvalue weighted by molar-refractivity contribution is 6.30. The van der Waals surface area contributed by atoms with Gasteiger partial charge in [0.2, 0.25) is 0 Å². The largest absolute Gasteiger partial charge is 0.333 e. The Kier molecular flexibility index (Phi) is 3.87. The van der Waals surface area contributed by atoms with E-state index in [0.717, 1.165) is 17.7 Å². The van der Waals surface area contributed by atoms with Crippen LogP contribution in [0.5, 0.6) is 0 Å². The smallest absolute Gasteiger partial charge is 0.325 e. The lowest BCUT2D eigenvalue weighted by atomic mass is 9.84. The van der Waals surface area contributed by atoms with E-state index in [-0.39, 0.29) is 12.1 Å². The molecule has 2 aromatic rings. The number of amides is 1. The Bertz CT molecular complexity index is 701. The van der Waals surface area contributed by atoms with Gasteiger partial charge in [0.15, 0.2) is 0 Å². The molecule has 0 radical (unpaired) electrons. The van der Waals surface area contributed by atoms with Crippen molar-refractivity contribution in [3.05, 3.63) is 47.7 Å². The summed E-state index contributed by atoms with van der Waals surface area (Å²) in [6, 6.07) is 9.86. The summed E-state index contributed by atoms with van der Waals surface area (Å²) < 4.78 is 1.64. The van der Waals surface area contributed by atoms with Crippen LogP contribution < -0.4 is 5.32 Å². The molecule has 1 aromatic carbocycles. The van der Waals surface area contributed by atoms with E-state index in [1.54, 1.807) is 4.57 Å². The minimum Gasteiger partial charge on any atom is -0.333 e. The van der Waals surface area contributed by atoms with Gasteiger partial charge in [-0.05, 0) is 61.2 Å². The molecule has 0 unspecified atom stereocenters. The van der Waals surface area contributed by atoms with E-state index < -0.39 is 0 Å². The molecule has 3 aliphatic rings. The number of aromatic nitrogens is 1. The lowest BCUT2D eigenvalue weighted by Crippen LogP contribution is -2.57. The number of nitrogens with zero attached hydrogens (tertiary/aromatic N) is 2. The van der Waals surface area contributed by atoms with E-state index in [1.807, 2.05) is 42.7 Å². The number of fused-ring (bicyclic) bond motifs is 3. The van der Waals surface area contributed by atoms with Gasteiger partial charge in [-0.2, -0.15) is 0 Å². The fraction of sp³-hybridized carbons (Fsp3) is 0.389. The molecule has 3 aliphatic heterocycles. The summed E-state index contributed by atoms with van der Waals surface area (Å²) in [5.74, 6) is 0.634. The van der Waals surface area contributed by atoms with Crippen LogP contribution >= 0.6 is 11.6 Å². The Morgan fingerprint density at radius 3 is 2.48 bits per heavy atom. The first kappa shape index (κ1) is 14.8. The average molecular weight is 330 g/mol. The summed E-state index contributed by atoms with van der Waals surface area (Å²) in [6.07, 6.45) is 6.10. The molecule has 1 atom stereocenters. The van der Waals surface area contributed by atoms with Crippen LogP contribution in [0.4, 0.5) is 4.79 Å². The Morgan fingerprint density at radius 2 is 1.83 bits per heavy atom. The lowest BCUT2D eigenvalue weighted by molar-refractivity contribution is 0.0767. The van der Waals surface area contributed by atoms with Crippen molar-refractivity contribution in [1.29, 1.82) is 0 Å². The first-order valence-corrected chi connectivity index (χ1v) is 8.54. The van der Waals surface area contributed by atoms with Gasteiger partial charge in [0.25, 0.3) is 0 Å². The molecule has 0 aliphatic carbocycles. The number of halogens is 1. The topological polar surface area (TPSA) is 37.3 Å². The summed E-state index contributed by atoms with van der Waals surface area (Å²) in [5.41, 5.74) is 2.08. The van der Waals surface area contributed by atoms with Crippen LogP contribution in [0.15, 0.2) is 42.7 Å². The predicted octanol–water partition coefficient (Wildman–Crippen LogP) is 3.46. The molecule has 1 amide bonds. The first-order valence-electron chi connectivity index (χ1n) is 8.16. The summed E-state index contributed by atoms with van der Waals surface area (Å²) in [6.45, 7) is 3.35. The Balaban J connectivity index is 1.46. The maximum atomic E-state index is 12.5. The number of rotatable bonds is 2. The average Bonchev–Trinajstić information content (AvgIpc) is 3.07. The highest BCUT2D eigenvalue weighted by Gasteiger charge is 2.34. The summed E-state index contributed by atoms with van der Waals surface area (Å²) >= 11 is 5.92. The fourth-order valence-corrected chi connectivity index (χ4v) is 3.82. The molecular weight excluding hydrogens is 310 g/mol. The highest BCUT2D eigenvalue weighted by Crippen LogP contribution is 2.27. The second-order valence-electron chi connectivity index (χ2n) is 6.51. The van der Waals surface area contributed by atoms with E-state index in [0.29, 0.717) is 10.9 Å². The van der Waals surface area contributed by atoms with E-state index in [2.05, 4.69) is 10.2 Å². The Hall–Kier alpha value is -1.78. The van der Waals surface area contributed by atoms with Crippen LogP contribution in [0.1, 0.15) is 12.8 Å². The quantitative estimate of drug-likeness (QED) is 0.916. The fourth-order valence-electron chi connectivity index (χ4n) is 3.70. The first-order chi connectivity index (χ1) is 11.2.